The van der Waals surface area contributed by atoms with Gasteiger partial charge in [0.1, 0.15) is 5.82 Å². The van der Waals surface area contributed by atoms with E-state index in [4.69, 9.17) is 11.6 Å². The number of nitrogens with one attached hydrogen (secondary N) is 1. The highest BCUT2D eigenvalue weighted by Crippen LogP contribution is 2.36. The molecule has 0 atom stereocenters. The van der Waals surface area contributed by atoms with Gasteiger partial charge in [-0.25, -0.2) is 4.39 Å². The summed E-state index contributed by atoms with van der Waals surface area (Å²) in [6.07, 6.45) is 0. The highest BCUT2D eigenvalue weighted by molar-refractivity contribution is 6.33. The highest BCUT2D eigenvalue weighted by atomic mass is 35.5. The lowest BCUT2D eigenvalue weighted by atomic mass is 10.1. The van der Waals surface area contributed by atoms with E-state index in [1.165, 1.54) is 6.07 Å². The average Bonchev–Trinajstić information content (AvgIpc) is 2.49. The standard InChI is InChI=1S/C17H20ClFN2/c1-3-20-12-13-8-7-9-14(18)17(13)21(4-2)16-11-6-5-10-15(16)19/h5-11,20H,3-4,12H2,1-2H3. The van der Waals surface area contributed by atoms with Gasteiger partial charge in [0.15, 0.2) is 0 Å². The lowest BCUT2D eigenvalue weighted by molar-refractivity contribution is 0.625. The number of anilines is 2. The van der Waals surface area contributed by atoms with E-state index in [9.17, 15) is 4.39 Å². The topological polar surface area (TPSA) is 15.3 Å². The molecule has 0 spiro atoms. The fourth-order valence-corrected chi connectivity index (χ4v) is 2.68. The molecule has 2 nitrogen and oxygen atoms in total. The largest absolute Gasteiger partial charge is 0.338 e. The summed E-state index contributed by atoms with van der Waals surface area (Å²) in [5, 5.41) is 3.93. The van der Waals surface area contributed by atoms with Crippen LogP contribution in [0.1, 0.15) is 19.4 Å². The van der Waals surface area contributed by atoms with Gasteiger partial charge in [-0.2, -0.15) is 0 Å². The predicted molar refractivity (Wildman–Crippen MR) is 87.9 cm³/mol. The first-order valence-electron chi connectivity index (χ1n) is 7.19. The number of halogens is 2. The van der Waals surface area contributed by atoms with Crippen LogP contribution in [0.4, 0.5) is 15.8 Å². The Kier molecular flexibility index (Phi) is 5.59. The average molecular weight is 307 g/mol. The van der Waals surface area contributed by atoms with Crippen LogP contribution in [0.3, 0.4) is 0 Å². The molecule has 4 heteroatoms. The van der Waals surface area contributed by atoms with Gasteiger partial charge in [0.2, 0.25) is 0 Å². The number of nitrogens with zero attached hydrogens (tertiary/aromatic N) is 1. The van der Waals surface area contributed by atoms with Gasteiger partial charge in [-0.05, 0) is 37.2 Å². The van der Waals surface area contributed by atoms with Gasteiger partial charge in [0, 0.05) is 13.1 Å². The molecule has 0 saturated carbocycles. The Bertz CT molecular complexity index is 601. The number of rotatable bonds is 6. The van der Waals surface area contributed by atoms with Gasteiger partial charge in [-0.15, -0.1) is 0 Å². The molecule has 0 radical (unpaired) electrons. The zero-order valence-corrected chi connectivity index (χ0v) is 13.1. The van der Waals surface area contributed by atoms with Crippen LogP contribution in [0.25, 0.3) is 0 Å². The van der Waals surface area contributed by atoms with E-state index in [1.807, 2.05) is 36.1 Å². The molecule has 0 fully saturated rings. The van der Waals surface area contributed by atoms with Crippen molar-refractivity contribution in [3.8, 4) is 0 Å². The number of benzene rings is 2. The minimum absolute atomic E-state index is 0.242. The van der Waals surface area contributed by atoms with Crippen LogP contribution in [0.2, 0.25) is 5.02 Å². The van der Waals surface area contributed by atoms with Crippen molar-refractivity contribution in [2.45, 2.75) is 20.4 Å². The van der Waals surface area contributed by atoms with Crippen molar-refractivity contribution in [1.82, 2.24) is 5.32 Å². The lowest BCUT2D eigenvalue weighted by Crippen LogP contribution is -2.21. The summed E-state index contributed by atoms with van der Waals surface area (Å²) in [6.45, 7) is 6.27. The summed E-state index contributed by atoms with van der Waals surface area (Å²) in [6, 6.07) is 12.6. The van der Waals surface area contributed by atoms with E-state index in [1.54, 1.807) is 12.1 Å². The maximum Gasteiger partial charge on any atom is 0.146 e. The fourth-order valence-electron chi connectivity index (χ4n) is 2.38. The zero-order chi connectivity index (χ0) is 15.2. The van der Waals surface area contributed by atoms with Gasteiger partial charge in [-0.1, -0.05) is 42.8 Å². The van der Waals surface area contributed by atoms with Crippen molar-refractivity contribution < 1.29 is 4.39 Å². The molecule has 0 bridgehead atoms. The second-order valence-corrected chi connectivity index (χ2v) is 5.13. The third kappa shape index (κ3) is 3.55. The molecule has 0 heterocycles. The van der Waals surface area contributed by atoms with Gasteiger partial charge in [-0.3, -0.25) is 0 Å². The second kappa shape index (κ2) is 7.43. The summed E-state index contributed by atoms with van der Waals surface area (Å²) in [5.74, 6) is -0.242. The van der Waals surface area contributed by atoms with Gasteiger partial charge in [0.05, 0.1) is 16.4 Å². The molecule has 0 aliphatic heterocycles. The Hall–Kier alpha value is -1.58. The summed E-state index contributed by atoms with van der Waals surface area (Å²) >= 11 is 6.39. The van der Waals surface area contributed by atoms with Crippen molar-refractivity contribution in [2.24, 2.45) is 0 Å². The van der Waals surface area contributed by atoms with E-state index >= 15 is 0 Å². The van der Waals surface area contributed by atoms with Crippen molar-refractivity contribution in [3.05, 3.63) is 58.9 Å². The van der Waals surface area contributed by atoms with E-state index in [-0.39, 0.29) is 5.82 Å². The smallest absolute Gasteiger partial charge is 0.146 e. The Morgan fingerprint density at radius 2 is 1.86 bits per heavy atom. The summed E-state index contributed by atoms with van der Waals surface area (Å²) in [5.41, 5.74) is 2.48. The molecular weight excluding hydrogens is 287 g/mol. The number of hydrogen-bond acceptors (Lipinski definition) is 2. The summed E-state index contributed by atoms with van der Waals surface area (Å²) in [4.78, 5) is 1.92. The first kappa shape index (κ1) is 15.8. The van der Waals surface area contributed by atoms with E-state index in [0.29, 0.717) is 23.8 Å². The third-order valence-corrected chi connectivity index (χ3v) is 3.67. The molecule has 1 N–H and O–H groups in total. The van der Waals surface area contributed by atoms with Crippen LogP contribution in [-0.2, 0) is 6.54 Å². The molecule has 112 valence electrons. The summed E-state index contributed by atoms with van der Waals surface area (Å²) < 4.78 is 14.1. The normalized spacial score (nSPS) is 10.7. The van der Waals surface area contributed by atoms with Gasteiger partial charge >= 0.3 is 0 Å². The first-order chi connectivity index (χ1) is 10.2. The number of para-hydroxylation sites is 2. The SMILES string of the molecule is CCNCc1cccc(Cl)c1N(CC)c1ccccc1F. The first-order valence-corrected chi connectivity index (χ1v) is 7.57. The van der Waals surface area contributed by atoms with E-state index < -0.39 is 0 Å². The molecule has 2 aromatic rings. The van der Waals surface area contributed by atoms with Crippen molar-refractivity contribution >= 4 is 23.0 Å². The minimum Gasteiger partial charge on any atom is -0.338 e. The minimum atomic E-state index is -0.242. The molecule has 2 aromatic carbocycles. The van der Waals surface area contributed by atoms with Crippen molar-refractivity contribution in [2.75, 3.05) is 18.0 Å². The van der Waals surface area contributed by atoms with Crippen LogP contribution >= 0.6 is 11.6 Å². The van der Waals surface area contributed by atoms with Crippen molar-refractivity contribution in [3.63, 3.8) is 0 Å². The lowest BCUT2D eigenvalue weighted by Gasteiger charge is -2.27. The quantitative estimate of drug-likeness (QED) is 0.828. The fraction of sp³-hybridized carbons (Fsp3) is 0.294. The van der Waals surface area contributed by atoms with Crippen LogP contribution in [-0.4, -0.2) is 13.1 Å². The molecule has 0 aromatic heterocycles. The highest BCUT2D eigenvalue weighted by Gasteiger charge is 2.17. The monoisotopic (exact) mass is 306 g/mol. The van der Waals surface area contributed by atoms with Crippen LogP contribution in [0.5, 0.6) is 0 Å². The van der Waals surface area contributed by atoms with Crippen LogP contribution < -0.4 is 10.2 Å². The van der Waals surface area contributed by atoms with Crippen LogP contribution in [0.15, 0.2) is 42.5 Å². The van der Waals surface area contributed by atoms with Gasteiger partial charge < -0.3 is 10.2 Å². The molecule has 0 saturated heterocycles. The maximum absolute atomic E-state index is 14.1. The Morgan fingerprint density at radius 3 is 2.52 bits per heavy atom. The van der Waals surface area contributed by atoms with E-state index in [2.05, 4.69) is 12.2 Å². The molecule has 0 aliphatic rings. The third-order valence-electron chi connectivity index (χ3n) is 3.37. The second-order valence-electron chi connectivity index (χ2n) is 4.72. The molecule has 0 amide bonds. The molecule has 2 rings (SSSR count). The predicted octanol–water partition coefficient (Wildman–Crippen LogP) is 4.75. The molecule has 21 heavy (non-hydrogen) atoms. The molecule has 0 unspecified atom stereocenters. The van der Waals surface area contributed by atoms with Gasteiger partial charge in [0.25, 0.3) is 0 Å². The Balaban J connectivity index is 2.49. The summed E-state index contributed by atoms with van der Waals surface area (Å²) in [7, 11) is 0. The molecular formula is C17H20ClFN2. The number of hydrogen-bond donors (Lipinski definition) is 1. The van der Waals surface area contributed by atoms with Crippen LogP contribution in [0, 0.1) is 5.82 Å². The maximum atomic E-state index is 14.1. The Morgan fingerprint density at radius 1 is 1.10 bits per heavy atom. The molecule has 0 aliphatic carbocycles. The van der Waals surface area contributed by atoms with E-state index in [0.717, 1.165) is 17.8 Å². The Labute approximate surface area is 130 Å². The zero-order valence-electron chi connectivity index (χ0n) is 12.4. The van der Waals surface area contributed by atoms with Crippen molar-refractivity contribution in [1.29, 1.82) is 0 Å².